The SMILES string of the molecule is c1ccc(-c2ccc(-c3ccc(-c4ccc(-c5cc6ccc7cccc8c9cccc%10ccc%11cccc(c(c5)c6c78)c%11c%109)cc4)cc3)nn2)cc1. The Labute approximate surface area is 300 Å². The summed E-state index contributed by atoms with van der Waals surface area (Å²) in [5, 5.41) is 24.6. The van der Waals surface area contributed by atoms with Crippen LogP contribution in [0.25, 0.3) is 109 Å². The Morgan fingerprint density at radius 2 is 0.635 bits per heavy atom. The van der Waals surface area contributed by atoms with Crippen molar-refractivity contribution in [3.8, 4) is 44.8 Å². The molecule has 0 aliphatic heterocycles. The van der Waals surface area contributed by atoms with Gasteiger partial charge in [-0.1, -0.05) is 158 Å². The van der Waals surface area contributed by atoms with Gasteiger partial charge in [0.15, 0.2) is 0 Å². The third-order valence-corrected chi connectivity index (χ3v) is 10.9. The van der Waals surface area contributed by atoms with E-state index < -0.39 is 0 Å². The Morgan fingerprint density at radius 3 is 1.13 bits per heavy atom. The van der Waals surface area contributed by atoms with Crippen LogP contribution in [0.4, 0.5) is 0 Å². The van der Waals surface area contributed by atoms with E-state index in [0.717, 1.165) is 22.5 Å². The predicted molar refractivity (Wildman–Crippen MR) is 220 cm³/mol. The molecule has 0 N–H and O–H groups in total. The van der Waals surface area contributed by atoms with E-state index in [0.29, 0.717) is 0 Å². The van der Waals surface area contributed by atoms with Gasteiger partial charge < -0.3 is 0 Å². The fraction of sp³-hybridized carbons (Fsp3) is 0. The molecule has 0 radical (unpaired) electrons. The van der Waals surface area contributed by atoms with Crippen molar-refractivity contribution in [3.05, 3.63) is 182 Å². The second-order valence-corrected chi connectivity index (χ2v) is 13.8. The average Bonchev–Trinajstić information content (AvgIpc) is 3.22. The van der Waals surface area contributed by atoms with Crippen molar-refractivity contribution >= 4 is 64.6 Å². The van der Waals surface area contributed by atoms with Crippen LogP contribution in [-0.2, 0) is 0 Å². The first-order valence-corrected chi connectivity index (χ1v) is 17.8. The number of nitrogens with zero attached hydrogens (tertiary/aromatic N) is 2. The van der Waals surface area contributed by atoms with Crippen molar-refractivity contribution in [1.29, 1.82) is 0 Å². The van der Waals surface area contributed by atoms with E-state index in [9.17, 15) is 0 Å². The molecule has 0 spiro atoms. The zero-order valence-electron chi connectivity index (χ0n) is 28.2. The van der Waals surface area contributed by atoms with Crippen LogP contribution in [0, 0.1) is 0 Å². The summed E-state index contributed by atoms with van der Waals surface area (Å²) in [6, 6.07) is 66.1. The highest BCUT2D eigenvalue weighted by Gasteiger charge is 2.16. The van der Waals surface area contributed by atoms with Crippen molar-refractivity contribution in [2.75, 3.05) is 0 Å². The monoisotopic (exact) mass is 658 g/mol. The molecule has 11 aromatic rings. The molecule has 2 nitrogen and oxygen atoms in total. The Hall–Kier alpha value is -6.90. The van der Waals surface area contributed by atoms with Crippen molar-refractivity contribution in [1.82, 2.24) is 10.2 Å². The topological polar surface area (TPSA) is 25.8 Å². The molecular weight excluding hydrogens is 629 g/mol. The molecule has 0 aliphatic rings. The summed E-state index contributed by atoms with van der Waals surface area (Å²) >= 11 is 0. The number of hydrogen-bond donors (Lipinski definition) is 0. The van der Waals surface area contributed by atoms with Gasteiger partial charge in [0, 0.05) is 11.1 Å². The molecule has 0 amide bonds. The van der Waals surface area contributed by atoms with Crippen LogP contribution in [-0.4, -0.2) is 10.2 Å². The van der Waals surface area contributed by atoms with Crippen LogP contribution in [0.5, 0.6) is 0 Å². The molecule has 10 aromatic carbocycles. The normalized spacial score (nSPS) is 11.8. The minimum Gasteiger partial charge on any atom is -0.150 e. The van der Waals surface area contributed by atoms with Crippen molar-refractivity contribution in [2.24, 2.45) is 0 Å². The lowest BCUT2D eigenvalue weighted by Crippen LogP contribution is -1.91. The zero-order chi connectivity index (χ0) is 34.2. The van der Waals surface area contributed by atoms with Gasteiger partial charge in [-0.25, -0.2) is 0 Å². The summed E-state index contributed by atoms with van der Waals surface area (Å²) in [7, 11) is 0. The first kappa shape index (κ1) is 28.9. The third kappa shape index (κ3) is 4.44. The largest absolute Gasteiger partial charge is 0.150 e. The highest BCUT2D eigenvalue weighted by Crippen LogP contribution is 2.44. The molecule has 1 aromatic heterocycles. The van der Waals surface area contributed by atoms with E-state index in [2.05, 4.69) is 162 Å². The van der Waals surface area contributed by atoms with Gasteiger partial charge in [0.2, 0.25) is 0 Å². The van der Waals surface area contributed by atoms with Crippen molar-refractivity contribution in [2.45, 2.75) is 0 Å². The lowest BCUT2D eigenvalue weighted by molar-refractivity contribution is 1.04. The zero-order valence-corrected chi connectivity index (χ0v) is 28.2. The van der Waals surface area contributed by atoms with E-state index in [1.807, 2.05) is 30.3 Å². The quantitative estimate of drug-likeness (QED) is 0.176. The van der Waals surface area contributed by atoms with E-state index in [1.165, 1.54) is 86.9 Å². The molecule has 0 saturated heterocycles. The molecular formula is C50H30N2. The van der Waals surface area contributed by atoms with E-state index in [4.69, 9.17) is 0 Å². The summed E-state index contributed by atoms with van der Waals surface area (Å²) in [5.41, 5.74) is 8.63. The molecule has 2 heteroatoms. The molecule has 0 atom stereocenters. The van der Waals surface area contributed by atoms with E-state index in [1.54, 1.807) is 0 Å². The number of benzene rings is 9. The maximum absolute atomic E-state index is 4.52. The van der Waals surface area contributed by atoms with Crippen LogP contribution in [0.2, 0.25) is 0 Å². The Balaban J connectivity index is 1.03. The summed E-state index contributed by atoms with van der Waals surface area (Å²) in [6.45, 7) is 0. The second kappa shape index (κ2) is 11.3. The Kier molecular flexibility index (Phi) is 6.28. The van der Waals surface area contributed by atoms with Crippen LogP contribution in [0.15, 0.2) is 182 Å². The van der Waals surface area contributed by atoms with E-state index in [-0.39, 0.29) is 0 Å². The van der Waals surface area contributed by atoms with Gasteiger partial charge in [-0.05, 0) is 111 Å². The Bertz CT molecular complexity index is 3120. The maximum atomic E-state index is 4.52. The van der Waals surface area contributed by atoms with Gasteiger partial charge in [-0.3, -0.25) is 0 Å². The van der Waals surface area contributed by atoms with Crippen LogP contribution in [0.1, 0.15) is 0 Å². The average molecular weight is 659 g/mol. The minimum atomic E-state index is 0.865. The third-order valence-electron chi connectivity index (χ3n) is 10.9. The smallest absolute Gasteiger partial charge is 0.0930 e. The lowest BCUT2D eigenvalue weighted by Gasteiger charge is -2.17. The fourth-order valence-electron chi connectivity index (χ4n) is 8.39. The molecule has 240 valence electrons. The fourth-order valence-corrected chi connectivity index (χ4v) is 8.39. The van der Waals surface area contributed by atoms with Crippen LogP contribution >= 0.6 is 0 Å². The molecule has 0 bridgehead atoms. The van der Waals surface area contributed by atoms with Crippen LogP contribution < -0.4 is 0 Å². The highest BCUT2D eigenvalue weighted by molar-refractivity contribution is 6.37. The van der Waals surface area contributed by atoms with Crippen molar-refractivity contribution < 1.29 is 0 Å². The molecule has 0 fully saturated rings. The van der Waals surface area contributed by atoms with Gasteiger partial charge in [0.05, 0.1) is 11.4 Å². The standard InChI is InChI=1S/C50H30N2/c1-2-7-34(8-3-1)45-27-28-46(52-51-45)35-21-19-32(20-22-35)31-15-17-33(18-16-31)40-29-39-26-25-38-10-5-13-42-41-12-4-9-36-23-24-37-11-6-14-43(49(37)47(36)41)44(30-40)50(39)48(38)42/h1-30H. The second-order valence-electron chi connectivity index (χ2n) is 13.8. The van der Waals surface area contributed by atoms with Crippen molar-refractivity contribution in [3.63, 3.8) is 0 Å². The summed E-state index contributed by atoms with van der Waals surface area (Å²) in [6.07, 6.45) is 0. The lowest BCUT2D eigenvalue weighted by atomic mass is 9.86. The van der Waals surface area contributed by atoms with Gasteiger partial charge in [0.1, 0.15) is 0 Å². The molecule has 1 heterocycles. The summed E-state index contributed by atoms with van der Waals surface area (Å²) < 4.78 is 0. The minimum absolute atomic E-state index is 0.865. The molecule has 0 saturated carbocycles. The van der Waals surface area contributed by atoms with E-state index >= 15 is 0 Å². The molecule has 0 unspecified atom stereocenters. The highest BCUT2D eigenvalue weighted by atomic mass is 15.1. The van der Waals surface area contributed by atoms with Gasteiger partial charge >= 0.3 is 0 Å². The summed E-state index contributed by atoms with van der Waals surface area (Å²) in [4.78, 5) is 0. The number of aromatic nitrogens is 2. The maximum Gasteiger partial charge on any atom is 0.0930 e. The van der Waals surface area contributed by atoms with Gasteiger partial charge in [-0.15, -0.1) is 10.2 Å². The molecule has 0 aliphatic carbocycles. The molecule has 52 heavy (non-hydrogen) atoms. The predicted octanol–water partition coefficient (Wildman–Crippen LogP) is 13.5. The van der Waals surface area contributed by atoms with Crippen LogP contribution in [0.3, 0.4) is 0 Å². The first-order valence-electron chi connectivity index (χ1n) is 17.8. The number of rotatable bonds is 4. The number of hydrogen-bond acceptors (Lipinski definition) is 2. The number of fused-ring (bicyclic) bond motifs is 2. The Morgan fingerprint density at radius 1 is 0.231 bits per heavy atom. The van der Waals surface area contributed by atoms with Gasteiger partial charge in [0.25, 0.3) is 0 Å². The summed E-state index contributed by atoms with van der Waals surface area (Å²) in [5.74, 6) is 0. The van der Waals surface area contributed by atoms with Gasteiger partial charge in [-0.2, -0.15) is 0 Å². The first-order chi connectivity index (χ1) is 25.8. The molecule has 11 rings (SSSR count).